The number of aliphatic hydroxyl groups excluding tert-OH is 1. The molecule has 1 unspecified atom stereocenters. The predicted molar refractivity (Wildman–Crippen MR) is 110 cm³/mol. The molecule has 2 heterocycles. The summed E-state index contributed by atoms with van der Waals surface area (Å²) >= 11 is 0. The Morgan fingerprint density at radius 3 is 2.90 bits per heavy atom. The van der Waals surface area contributed by atoms with Gasteiger partial charge in [0.2, 0.25) is 5.91 Å². The Bertz CT molecular complexity index is 915. The van der Waals surface area contributed by atoms with Crippen LogP contribution in [0, 0.1) is 12.8 Å². The Morgan fingerprint density at radius 2 is 2.24 bits per heavy atom. The maximum absolute atomic E-state index is 11.7. The normalized spacial score (nSPS) is 16.2. The molecule has 29 heavy (non-hydrogen) atoms. The van der Waals surface area contributed by atoms with E-state index < -0.39 is 0 Å². The zero-order valence-corrected chi connectivity index (χ0v) is 17.2. The molecule has 2 aromatic rings. The number of aryl methyl sites for hydroxylation is 1. The fraction of sp³-hybridized carbons (Fsp3) is 0.455. The van der Waals surface area contributed by atoms with E-state index in [1.54, 1.807) is 6.20 Å². The molecule has 2 aromatic heterocycles. The molecule has 1 aliphatic rings. The quantitative estimate of drug-likeness (QED) is 0.711. The minimum Gasteiger partial charge on any atom is -0.395 e. The minimum absolute atomic E-state index is 0.0195. The number of rotatable bonds is 8. The minimum atomic E-state index is -0.0981. The third kappa shape index (κ3) is 5.60. The van der Waals surface area contributed by atoms with Crippen molar-refractivity contribution in [3.8, 4) is 11.5 Å². The number of allylic oxidation sites excluding steroid dienone is 3. The van der Waals surface area contributed by atoms with E-state index >= 15 is 0 Å². The summed E-state index contributed by atoms with van der Waals surface area (Å²) in [6.07, 6.45) is 9.69. The van der Waals surface area contributed by atoms with Crippen LogP contribution in [0.15, 0.2) is 40.6 Å². The van der Waals surface area contributed by atoms with Crippen LogP contribution < -0.4 is 5.32 Å². The lowest BCUT2D eigenvalue weighted by molar-refractivity contribution is -0.120. The van der Waals surface area contributed by atoms with Crippen molar-refractivity contribution in [1.29, 1.82) is 0 Å². The first-order valence-electron chi connectivity index (χ1n) is 10.0. The van der Waals surface area contributed by atoms with Gasteiger partial charge in [-0.3, -0.25) is 9.78 Å². The molecular formula is C22H28N4O3. The number of nitrogens with one attached hydrogen (secondary N) is 1. The van der Waals surface area contributed by atoms with Gasteiger partial charge in [0.15, 0.2) is 5.82 Å². The highest BCUT2D eigenvalue weighted by Crippen LogP contribution is 2.28. The first-order chi connectivity index (χ1) is 14.0. The Balaban J connectivity index is 1.63. The molecule has 1 atom stereocenters. The van der Waals surface area contributed by atoms with Crippen LogP contribution in [-0.2, 0) is 11.2 Å². The lowest BCUT2D eigenvalue weighted by Crippen LogP contribution is -2.26. The molecule has 0 fully saturated rings. The van der Waals surface area contributed by atoms with E-state index in [1.165, 1.54) is 0 Å². The Hall–Kier alpha value is -2.80. The predicted octanol–water partition coefficient (Wildman–Crippen LogP) is 3.11. The molecule has 1 amide bonds. The van der Waals surface area contributed by atoms with Crippen molar-refractivity contribution in [2.45, 2.75) is 46.0 Å². The number of hydrogen-bond acceptors (Lipinski definition) is 6. The average Bonchev–Trinajstić information content (AvgIpc) is 3.18. The lowest BCUT2D eigenvalue weighted by Gasteiger charge is -2.13. The highest BCUT2D eigenvalue weighted by Gasteiger charge is 2.19. The number of carbonyl (C=O) groups is 1. The van der Waals surface area contributed by atoms with E-state index in [0.717, 1.165) is 28.8 Å². The number of amides is 1. The summed E-state index contributed by atoms with van der Waals surface area (Å²) in [5, 5.41) is 15.6. The van der Waals surface area contributed by atoms with Crippen molar-refractivity contribution in [1.82, 2.24) is 20.4 Å². The zero-order chi connectivity index (χ0) is 20.8. The van der Waals surface area contributed by atoms with Gasteiger partial charge in [0, 0.05) is 24.4 Å². The van der Waals surface area contributed by atoms with Gasteiger partial charge in [-0.05, 0) is 42.9 Å². The smallest absolute Gasteiger partial charge is 0.259 e. The first-order valence-corrected chi connectivity index (χ1v) is 10.0. The molecule has 0 saturated carbocycles. The van der Waals surface area contributed by atoms with Crippen molar-refractivity contribution in [3.05, 3.63) is 53.1 Å². The van der Waals surface area contributed by atoms with Crippen molar-refractivity contribution >= 4 is 5.91 Å². The van der Waals surface area contributed by atoms with Crippen LogP contribution in [0.4, 0.5) is 0 Å². The van der Waals surface area contributed by atoms with Crippen LogP contribution >= 0.6 is 0 Å². The van der Waals surface area contributed by atoms with E-state index in [2.05, 4.69) is 41.2 Å². The molecule has 0 aromatic carbocycles. The van der Waals surface area contributed by atoms with E-state index in [1.807, 2.05) is 24.3 Å². The highest BCUT2D eigenvalue weighted by atomic mass is 16.5. The van der Waals surface area contributed by atoms with Crippen LogP contribution in [0.5, 0.6) is 0 Å². The third-order valence-electron chi connectivity index (χ3n) is 4.78. The van der Waals surface area contributed by atoms with Gasteiger partial charge in [-0.1, -0.05) is 37.2 Å². The summed E-state index contributed by atoms with van der Waals surface area (Å²) in [5.74, 6) is 1.57. The summed E-state index contributed by atoms with van der Waals surface area (Å²) in [6, 6.07) is 2.04. The fourth-order valence-electron chi connectivity index (χ4n) is 3.25. The molecule has 7 nitrogen and oxygen atoms in total. The molecular weight excluding hydrogens is 368 g/mol. The average molecular weight is 396 g/mol. The highest BCUT2D eigenvalue weighted by molar-refractivity contribution is 5.79. The standard InChI is InChI=1S/C22H28N4O3/c1-14(2)10-19-15(3)11-18(13-24-19)22-25-21(26-29-22)17-6-4-16(5-7-17)12-20(28)23-8-9-27/h4-6,11,13-14,17,27H,7-10,12H2,1-3H3,(H,23,28). The SMILES string of the molecule is Cc1cc(-c2nc(C3C=CC(CC(=O)NCCO)=CC3)no2)cnc1CC(C)C. The maximum Gasteiger partial charge on any atom is 0.259 e. The summed E-state index contributed by atoms with van der Waals surface area (Å²) in [5.41, 5.74) is 3.99. The molecule has 7 heteroatoms. The van der Waals surface area contributed by atoms with Crippen LogP contribution in [-0.4, -0.2) is 39.3 Å². The Kier molecular flexibility index (Phi) is 6.93. The molecule has 0 bridgehead atoms. The summed E-state index contributed by atoms with van der Waals surface area (Å²) in [6.45, 7) is 6.63. The number of hydrogen-bond donors (Lipinski definition) is 2. The number of aromatic nitrogens is 3. The monoisotopic (exact) mass is 396 g/mol. The van der Waals surface area contributed by atoms with Crippen LogP contribution in [0.1, 0.15) is 49.7 Å². The topological polar surface area (TPSA) is 101 Å². The number of pyridine rings is 1. The van der Waals surface area contributed by atoms with Gasteiger partial charge >= 0.3 is 0 Å². The van der Waals surface area contributed by atoms with Crippen LogP contribution in [0.3, 0.4) is 0 Å². The molecule has 0 radical (unpaired) electrons. The third-order valence-corrected chi connectivity index (χ3v) is 4.78. The van der Waals surface area contributed by atoms with Crippen molar-refractivity contribution in [2.24, 2.45) is 5.92 Å². The zero-order valence-electron chi connectivity index (χ0n) is 17.2. The van der Waals surface area contributed by atoms with Gasteiger partial charge in [-0.15, -0.1) is 0 Å². The van der Waals surface area contributed by atoms with E-state index in [0.29, 0.717) is 30.5 Å². The Labute approximate surface area is 170 Å². The van der Waals surface area contributed by atoms with Crippen molar-refractivity contribution in [2.75, 3.05) is 13.2 Å². The first kappa shape index (κ1) is 20.9. The molecule has 154 valence electrons. The van der Waals surface area contributed by atoms with E-state index in [4.69, 9.17) is 9.63 Å². The van der Waals surface area contributed by atoms with E-state index in [9.17, 15) is 4.79 Å². The van der Waals surface area contributed by atoms with Crippen molar-refractivity contribution < 1.29 is 14.4 Å². The molecule has 3 rings (SSSR count). The number of carbonyl (C=O) groups excluding carboxylic acids is 1. The van der Waals surface area contributed by atoms with Gasteiger partial charge in [0.25, 0.3) is 5.89 Å². The lowest BCUT2D eigenvalue weighted by atomic mass is 9.94. The summed E-state index contributed by atoms with van der Waals surface area (Å²) in [4.78, 5) is 20.9. The van der Waals surface area contributed by atoms with Gasteiger partial charge in [-0.2, -0.15) is 4.98 Å². The van der Waals surface area contributed by atoms with Crippen molar-refractivity contribution in [3.63, 3.8) is 0 Å². The molecule has 0 aliphatic heterocycles. The van der Waals surface area contributed by atoms with Gasteiger partial charge in [0.05, 0.1) is 18.6 Å². The number of aliphatic hydroxyl groups is 1. The van der Waals surface area contributed by atoms with Gasteiger partial charge in [0.1, 0.15) is 0 Å². The fourth-order valence-corrected chi connectivity index (χ4v) is 3.25. The second kappa shape index (κ2) is 9.60. The summed E-state index contributed by atoms with van der Waals surface area (Å²) in [7, 11) is 0. The van der Waals surface area contributed by atoms with Crippen LogP contribution in [0.25, 0.3) is 11.5 Å². The number of nitrogens with zero attached hydrogens (tertiary/aromatic N) is 3. The molecule has 1 aliphatic carbocycles. The summed E-state index contributed by atoms with van der Waals surface area (Å²) < 4.78 is 5.47. The molecule has 0 spiro atoms. The largest absolute Gasteiger partial charge is 0.395 e. The maximum atomic E-state index is 11.7. The van der Waals surface area contributed by atoms with Gasteiger partial charge in [-0.25, -0.2) is 0 Å². The molecule has 0 saturated heterocycles. The molecule has 2 N–H and O–H groups in total. The van der Waals surface area contributed by atoms with E-state index in [-0.39, 0.29) is 25.0 Å². The van der Waals surface area contributed by atoms with Crippen LogP contribution in [0.2, 0.25) is 0 Å². The van der Waals surface area contributed by atoms with Gasteiger partial charge < -0.3 is 14.9 Å². The second-order valence-corrected chi connectivity index (χ2v) is 7.77. The second-order valence-electron chi connectivity index (χ2n) is 7.77. The Morgan fingerprint density at radius 1 is 1.41 bits per heavy atom.